The van der Waals surface area contributed by atoms with Crippen LogP contribution in [-0.4, -0.2) is 73.7 Å². The third kappa shape index (κ3) is 4.24. The van der Waals surface area contributed by atoms with Gasteiger partial charge in [-0.1, -0.05) is 44.2 Å². The topological polar surface area (TPSA) is 114 Å². The number of aromatic nitrogens is 3. The maximum atomic E-state index is 13.7. The van der Waals surface area contributed by atoms with Crippen molar-refractivity contribution in [1.82, 2.24) is 30.1 Å². The van der Waals surface area contributed by atoms with Gasteiger partial charge in [-0.3, -0.25) is 14.4 Å². The molecule has 0 radical (unpaired) electrons. The van der Waals surface area contributed by atoms with Gasteiger partial charge < -0.3 is 25.1 Å². The number of benzene rings is 2. The Hall–Kier alpha value is -4.14. The Balaban J connectivity index is 1.15. The Morgan fingerprint density at radius 2 is 1.68 bits per heavy atom. The van der Waals surface area contributed by atoms with E-state index < -0.39 is 6.04 Å². The number of likely N-dealkylation sites (tertiary alicyclic amines) is 2. The van der Waals surface area contributed by atoms with Crippen molar-refractivity contribution in [3.8, 4) is 0 Å². The number of para-hydroxylation sites is 3. The third-order valence-corrected chi connectivity index (χ3v) is 7.46. The fourth-order valence-corrected chi connectivity index (χ4v) is 5.70. The molecule has 0 unspecified atom stereocenters. The highest BCUT2D eigenvalue weighted by Gasteiger charge is 2.48. The monoisotopic (exact) mass is 498 g/mol. The number of H-pyrrole nitrogens is 2. The molecule has 0 spiro atoms. The first-order valence-electron chi connectivity index (χ1n) is 12.8. The minimum absolute atomic E-state index is 0.0567. The van der Waals surface area contributed by atoms with Crippen LogP contribution in [0, 0.1) is 5.92 Å². The summed E-state index contributed by atoms with van der Waals surface area (Å²) in [4.78, 5) is 54.3. The SMILES string of the molecule is CC(C)C[C@H](NC(=O)c1cc2ccccc2[nH]1)C(=O)N1C[C@@H]2C[C@H]1CN2C(=O)c1nc2ccccc2[nH]1. The molecule has 2 aromatic heterocycles. The molecule has 2 aliphatic heterocycles. The molecule has 2 saturated heterocycles. The number of fused-ring (bicyclic) bond motifs is 4. The highest BCUT2D eigenvalue weighted by Crippen LogP contribution is 2.33. The molecule has 2 fully saturated rings. The molecule has 9 heteroatoms. The van der Waals surface area contributed by atoms with Crippen molar-refractivity contribution >= 4 is 39.7 Å². The number of hydrogen-bond acceptors (Lipinski definition) is 4. The standard InChI is InChI=1S/C28H30N6O3/c1-16(2)11-24(32-26(35)23-12-17-7-3-4-8-20(17)29-23)27(36)33-14-19-13-18(33)15-34(19)28(37)25-30-21-9-5-6-10-22(21)31-25/h3-10,12,16,18-19,24,29H,11,13-15H2,1-2H3,(H,30,31)(H,32,35)/t18-,19-,24-/m0/s1. The van der Waals surface area contributed by atoms with Gasteiger partial charge in [-0.2, -0.15) is 0 Å². The molecule has 3 amide bonds. The first-order chi connectivity index (χ1) is 17.9. The number of amides is 3. The van der Waals surface area contributed by atoms with Gasteiger partial charge in [-0.05, 0) is 43.0 Å². The smallest absolute Gasteiger partial charge is 0.290 e. The molecule has 3 N–H and O–H groups in total. The average molecular weight is 499 g/mol. The Labute approximate surface area is 214 Å². The van der Waals surface area contributed by atoms with Crippen molar-refractivity contribution < 1.29 is 14.4 Å². The summed E-state index contributed by atoms with van der Waals surface area (Å²) in [5.74, 6) is 0.0437. The van der Waals surface area contributed by atoms with Crippen molar-refractivity contribution in [3.05, 3.63) is 66.1 Å². The molecule has 3 atom stereocenters. The zero-order valence-corrected chi connectivity index (χ0v) is 20.9. The Morgan fingerprint density at radius 3 is 2.38 bits per heavy atom. The molecular formula is C28H30N6O3. The molecule has 0 aliphatic carbocycles. The van der Waals surface area contributed by atoms with Crippen LogP contribution >= 0.6 is 0 Å². The van der Waals surface area contributed by atoms with E-state index in [1.165, 1.54) is 0 Å². The Kier molecular flexibility index (Phi) is 5.70. The van der Waals surface area contributed by atoms with Gasteiger partial charge in [0.1, 0.15) is 11.7 Å². The van der Waals surface area contributed by atoms with E-state index in [1.807, 2.05) is 72.2 Å². The van der Waals surface area contributed by atoms with Crippen LogP contribution in [0.15, 0.2) is 54.6 Å². The van der Waals surface area contributed by atoms with E-state index in [-0.39, 0.29) is 35.7 Å². The first-order valence-corrected chi connectivity index (χ1v) is 12.8. The van der Waals surface area contributed by atoms with Gasteiger partial charge in [0.2, 0.25) is 5.91 Å². The lowest BCUT2D eigenvalue weighted by atomic mass is 10.0. The van der Waals surface area contributed by atoms with Crippen LogP contribution in [0.1, 0.15) is 47.8 Å². The van der Waals surface area contributed by atoms with Crippen LogP contribution in [0.2, 0.25) is 0 Å². The van der Waals surface area contributed by atoms with E-state index in [4.69, 9.17) is 0 Å². The molecule has 6 rings (SSSR count). The van der Waals surface area contributed by atoms with Crippen LogP contribution in [0.4, 0.5) is 0 Å². The Bertz CT molecular complexity index is 1440. The lowest BCUT2D eigenvalue weighted by Gasteiger charge is -2.36. The van der Waals surface area contributed by atoms with Crippen LogP contribution in [0.3, 0.4) is 0 Å². The van der Waals surface area contributed by atoms with Crippen molar-refractivity contribution in [2.24, 2.45) is 5.92 Å². The highest BCUT2D eigenvalue weighted by atomic mass is 16.2. The minimum atomic E-state index is -0.627. The molecule has 190 valence electrons. The molecule has 2 aliphatic rings. The number of nitrogens with one attached hydrogen (secondary N) is 3. The fourth-order valence-electron chi connectivity index (χ4n) is 5.70. The van der Waals surface area contributed by atoms with E-state index in [1.54, 1.807) is 6.07 Å². The molecular weight excluding hydrogens is 468 g/mol. The number of carbonyl (C=O) groups excluding carboxylic acids is 3. The van der Waals surface area contributed by atoms with Crippen LogP contribution in [0.5, 0.6) is 0 Å². The van der Waals surface area contributed by atoms with Gasteiger partial charge >= 0.3 is 0 Å². The number of rotatable bonds is 6. The number of carbonyl (C=O) groups is 3. The zero-order valence-electron chi connectivity index (χ0n) is 20.9. The summed E-state index contributed by atoms with van der Waals surface area (Å²) < 4.78 is 0. The summed E-state index contributed by atoms with van der Waals surface area (Å²) in [7, 11) is 0. The largest absolute Gasteiger partial charge is 0.351 e. The van der Waals surface area contributed by atoms with Gasteiger partial charge in [-0.15, -0.1) is 0 Å². The molecule has 0 saturated carbocycles. The third-order valence-electron chi connectivity index (χ3n) is 7.46. The minimum Gasteiger partial charge on any atom is -0.351 e. The van der Waals surface area contributed by atoms with Gasteiger partial charge in [0.15, 0.2) is 5.82 Å². The normalized spacial score (nSPS) is 19.8. The predicted octanol–water partition coefficient (Wildman–Crippen LogP) is 3.31. The van der Waals surface area contributed by atoms with E-state index in [0.29, 0.717) is 31.0 Å². The van der Waals surface area contributed by atoms with E-state index in [9.17, 15) is 14.4 Å². The van der Waals surface area contributed by atoms with Gasteiger partial charge in [-0.25, -0.2) is 4.98 Å². The lowest BCUT2D eigenvalue weighted by molar-refractivity contribution is -0.135. The summed E-state index contributed by atoms with van der Waals surface area (Å²) in [5.41, 5.74) is 2.90. The molecule has 2 bridgehead atoms. The summed E-state index contributed by atoms with van der Waals surface area (Å²) in [6, 6.07) is 16.3. The molecule has 4 aromatic rings. The second-order valence-electron chi connectivity index (χ2n) is 10.5. The first kappa shape index (κ1) is 23.3. The van der Waals surface area contributed by atoms with Crippen molar-refractivity contribution in [2.45, 2.75) is 44.8 Å². The quantitative estimate of drug-likeness (QED) is 0.378. The van der Waals surface area contributed by atoms with Crippen molar-refractivity contribution in [3.63, 3.8) is 0 Å². The Morgan fingerprint density at radius 1 is 0.973 bits per heavy atom. The summed E-state index contributed by atoms with van der Waals surface area (Å²) in [6.07, 6.45) is 1.28. The van der Waals surface area contributed by atoms with Crippen molar-refractivity contribution in [2.75, 3.05) is 13.1 Å². The highest BCUT2D eigenvalue weighted by molar-refractivity contribution is 6.00. The van der Waals surface area contributed by atoms with E-state index >= 15 is 0 Å². The molecule has 9 nitrogen and oxygen atoms in total. The number of imidazole rings is 1. The maximum absolute atomic E-state index is 13.7. The van der Waals surface area contributed by atoms with Gasteiger partial charge in [0.25, 0.3) is 11.8 Å². The second kappa shape index (κ2) is 9.06. The number of nitrogens with zero attached hydrogens (tertiary/aromatic N) is 3. The van der Waals surface area contributed by atoms with Crippen LogP contribution < -0.4 is 5.32 Å². The number of hydrogen-bond donors (Lipinski definition) is 3. The summed E-state index contributed by atoms with van der Waals surface area (Å²) in [6.45, 7) is 5.02. The lowest BCUT2D eigenvalue weighted by Crippen LogP contribution is -2.56. The van der Waals surface area contributed by atoms with Gasteiger partial charge in [0.05, 0.1) is 23.1 Å². The molecule has 4 heterocycles. The average Bonchev–Trinajstić information content (AvgIpc) is 3.68. The number of piperazine rings is 1. The summed E-state index contributed by atoms with van der Waals surface area (Å²) >= 11 is 0. The van der Waals surface area contributed by atoms with Crippen LogP contribution in [-0.2, 0) is 4.79 Å². The predicted molar refractivity (Wildman–Crippen MR) is 140 cm³/mol. The zero-order chi connectivity index (χ0) is 25.7. The second-order valence-corrected chi connectivity index (χ2v) is 10.5. The van der Waals surface area contributed by atoms with Crippen LogP contribution in [0.25, 0.3) is 21.9 Å². The van der Waals surface area contributed by atoms with Gasteiger partial charge in [0, 0.05) is 24.0 Å². The van der Waals surface area contributed by atoms with Crippen molar-refractivity contribution in [1.29, 1.82) is 0 Å². The van der Waals surface area contributed by atoms with E-state index in [0.717, 1.165) is 28.4 Å². The molecule has 37 heavy (non-hydrogen) atoms. The van der Waals surface area contributed by atoms with E-state index in [2.05, 4.69) is 20.3 Å². The molecule has 2 aromatic carbocycles. The maximum Gasteiger partial charge on any atom is 0.290 e. The summed E-state index contributed by atoms with van der Waals surface area (Å²) in [5, 5.41) is 3.93. The number of aromatic amines is 2. The fraction of sp³-hybridized carbons (Fsp3) is 0.357.